The molecular formula is C17H16ClFN2O2S. The molecular weight excluding hydrogens is 351 g/mol. The fourth-order valence-corrected chi connectivity index (χ4v) is 2.75. The number of hydrogen-bond acceptors (Lipinski definition) is 3. The zero-order valence-corrected chi connectivity index (χ0v) is 14.3. The lowest BCUT2D eigenvalue weighted by atomic mass is 10.2. The van der Waals surface area contributed by atoms with Crippen LogP contribution < -0.4 is 10.6 Å². The molecule has 0 aliphatic carbocycles. The van der Waals surface area contributed by atoms with Crippen molar-refractivity contribution in [2.75, 3.05) is 17.6 Å². The van der Waals surface area contributed by atoms with Crippen molar-refractivity contribution < 1.29 is 14.0 Å². The van der Waals surface area contributed by atoms with Gasteiger partial charge in [0.05, 0.1) is 12.3 Å². The van der Waals surface area contributed by atoms with Gasteiger partial charge < -0.3 is 10.6 Å². The molecule has 0 radical (unpaired) electrons. The number of rotatable bonds is 7. The van der Waals surface area contributed by atoms with E-state index in [2.05, 4.69) is 10.6 Å². The van der Waals surface area contributed by atoms with E-state index in [0.717, 1.165) is 5.56 Å². The SMILES string of the molecule is O=C(CSCc1ccc(Cl)cc1)NCC(=O)Nc1ccc(F)cc1. The second kappa shape index (κ2) is 9.30. The minimum absolute atomic E-state index is 0.127. The van der Waals surface area contributed by atoms with Gasteiger partial charge in [-0.3, -0.25) is 9.59 Å². The van der Waals surface area contributed by atoms with E-state index in [1.54, 1.807) is 12.1 Å². The third-order valence-electron chi connectivity index (χ3n) is 2.99. The number of hydrogen-bond donors (Lipinski definition) is 2. The Morgan fingerprint density at radius 3 is 2.33 bits per heavy atom. The van der Waals surface area contributed by atoms with E-state index in [1.807, 2.05) is 12.1 Å². The van der Waals surface area contributed by atoms with Crippen molar-refractivity contribution in [2.24, 2.45) is 0 Å². The van der Waals surface area contributed by atoms with E-state index >= 15 is 0 Å². The lowest BCUT2D eigenvalue weighted by molar-refractivity contribution is -0.122. The largest absolute Gasteiger partial charge is 0.346 e. The molecule has 2 N–H and O–H groups in total. The Kier molecular flexibility index (Phi) is 7.08. The first-order valence-electron chi connectivity index (χ1n) is 7.17. The van der Waals surface area contributed by atoms with Gasteiger partial charge in [-0.25, -0.2) is 4.39 Å². The van der Waals surface area contributed by atoms with Crippen LogP contribution in [0.3, 0.4) is 0 Å². The van der Waals surface area contributed by atoms with E-state index in [1.165, 1.54) is 36.0 Å². The molecule has 0 spiro atoms. The molecule has 2 rings (SSSR count). The van der Waals surface area contributed by atoms with Crippen molar-refractivity contribution in [1.82, 2.24) is 5.32 Å². The Morgan fingerprint density at radius 2 is 1.67 bits per heavy atom. The molecule has 2 aromatic carbocycles. The maximum Gasteiger partial charge on any atom is 0.243 e. The van der Waals surface area contributed by atoms with Gasteiger partial charge in [0.2, 0.25) is 11.8 Å². The number of anilines is 1. The average Bonchev–Trinajstić information content (AvgIpc) is 2.57. The summed E-state index contributed by atoms with van der Waals surface area (Å²) in [6.07, 6.45) is 0. The Bertz CT molecular complexity index is 693. The molecule has 24 heavy (non-hydrogen) atoms. The number of carbonyl (C=O) groups excluding carboxylic acids is 2. The Hall–Kier alpha value is -2.05. The first-order chi connectivity index (χ1) is 11.5. The lowest BCUT2D eigenvalue weighted by Gasteiger charge is -2.07. The molecule has 2 aromatic rings. The standard InChI is InChI=1S/C17H16ClFN2O2S/c18-13-3-1-12(2-4-13)10-24-11-17(23)20-9-16(22)21-15-7-5-14(19)6-8-15/h1-8H,9-11H2,(H,20,23)(H,21,22). The third-order valence-corrected chi connectivity index (χ3v) is 4.24. The van der Waals surface area contributed by atoms with Crippen LogP contribution >= 0.6 is 23.4 Å². The highest BCUT2D eigenvalue weighted by molar-refractivity contribution is 7.99. The molecule has 0 heterocycles. The number of benzene rings is 2. The molecule has 0 bridgehead atoms. The number of amides is 2. The van der Waals surface area contributed by atoms with Gasteiger partial charge in [0.25, 0.3) is 0 Å². The third kappa shape index (κ3) is 6.60. The van der Waals surface area contributed by atoms with E-state index in [9.17, 15) is 14.0 Å². The van der Waals surface area contributed by atoms with E-state index < -0.39 is 0 Å². The molecule has 0 atom stereocenters. The molecule has 0 unspecified atom stereocenters. The molecule has 4 nitrogen and oxygen atoms in total. The predicted octanol–water partition coefficient (Wildman–Crippen LogP) is 3.47. The van der Waals surface area contributed by atoms with Crippen LogP contribution in [0.15, 0.2) is 48.5 Å². The number of carbonyl (C=O) groups is 2. The second-order valence-corrected chi connectivity index (χ2v) is 6.37. The fraction of sp³-hybridized carbons (Fsp3) is 0.176. The van der Waals surface area contributed by atoms with E-state index in [-0.39, 0.29) is 29.9 Å². The van der Waals surface area contributed by atoms with Gasteiger partial charge in [-0.1, -0.05) is 23.7 Å². The van der Waals surface area contributed by atoms with Gasteiger partial charge in [-0.15, -0.1) is 11.8 Å². The molecule has 0 aromatic heterocycles. The van der Waals surface area contributed by atoms with Crippen molar-refractivity contribution in [1.29, 1.82) is 0 Å². The van der Waals surface area contributed by atoms with E-state index in [4.69, 9.17) is 11.6 Å². The van der Waals surface area contributed by atoms with Gasteiger partial charge in [-0.05, 0) is 42.0 Å². The highest BCUT2D eigenvalue weighted by Crippen LogP contribution is 2.15. The minimum atomic E-state index is -0.376. The quantitative estimate of drug-likeness (QED) is 0.788. The van der Waals surface area contributed by atoms with Gasteiger partial charge in [0.1, 0.15) is 5.82 Å². The molecule has 0 fully saturated rings. The fourth-order valence-electron chi connectivity index (χ4n) is 1.81. The molecule has 0 saturated heterocycles. The van der Waals surface area contributed by atoms with Crippen molar-refractivity contribution in [3.05, 3.63) is 64.9 Å². The van der Waals surface area contributed by atoms with Crippen molar-refractivity contribution in [3.8, 4) is 0 Å². The molecule has 7 heteroatoms. The highest BCUT2D eigenvalue weighted by atomic mass is 35.5. The Labute approximate surface area is 148 Å². The Morgan fingerprint density at radius 1 is 1.00 bits per heavy atom. The summed E-state index contributed by atoms with van der Waals surface area (Å²) in [6.45, 7) is -0.127. The van der Waals surface area contributed by atoms with Gasteiger partial charge >= 0.3 is 0 Å². The summed E-state index contributed by atoms with van der Waals surface area (Å²) in [6, 6.07) is 12.8. The van der Waals surface area contributed by atoms with Crippen LogP contribution in [0.25, 0.3) is 0 Å². The predicted molar refractivity (Wildman–Crippen MR) is 95.7 cm³/mol. The zero-order chi connectivity index (χ0) is 17.4. The van der Waals surface area contributed by atoms with Crippen molar-refractivity contribution in [3.63, 3.8) is 0 Å². The van der Waals surface area contributed by atoms with Crippen molar-refractivity contribution >= 4 is 40.9 Å². The number of nitrogens with one attached hydrogen (secondary N) is 2. The minimum Gasteiger partial charge on any atom is -0.346 e. The zero-order valence-electron chi connectivity index (χ0n) is 12.7. The number of halogens is 2. The first kappa shape index (κ1) is 18.3. The number of thioether (sulfide) groups is 1. The normalized spacial score (nSPS) is 10.2. The topological polar surface area (TPSA) is 58.2 Å². The van der Waals surface area contributed by atoms with Gasteiger partial charge in [0.15, 0.2) is 0 Å². The van der Waals surface area contributed by atoms with Crippen molar-refractivity contribution in [2.45, 2.75) is 5.75 Å². The summed E-state index contributed by atoms with van der Waals surface area (Å²) in [4.78, 5) is 23.4. The lowest BCUT2D eigenvalue weighted by Crippen LogP contribution is -2.33. The molecule has 0 aliphatic heterocycles. The maximum absolute atomic E-state index is 12.8. The monoisotopic (exact) mass is 366 g/mol. The summed E-state index contributed by atoms with van der Waals surface area (Å²) in [7, 11) is 0. The van der Waals surface area contributed by atoms with Crippen LogP contribution in [-0.2, 0) is 15.3 Å². The molecule has 2 amide bonds. The van der Waals surface area contributed by atoms with Crippen LogP contribution in [-0.4, -0.2) is 24.1 Å². The van der Waals surface area contributed by atoms with Gasteiger partial charge in [-0.2, -0.15) is 0 Å². The molecule has 0 aliphatic rings. The molecule has 126 valence electrons. The first-order valence-corrected chi connectivity index (χ1v) is 8.70. The summed E-state index contributed by atoms with van der Waals surface area (Å²) in [5.41, 5.74) is 1.55. The summed E-state index contributed by atoms with van der Waals surface area (Å²) >= 11 is 7.25. The van der Waals surface area contributed by atoms with Gasteiger partial charge in [0, 0.05) is 16.5 Å². The Balaban J connectivity index is 1.64. The molecule has 0 saturated carbocycles. The van der Waals surface area contributed by atoms with Crippen LogP contribution in [0, 0.1) is 5.82 Å². The maximum atomic E-state index is 12.8. The van der Waals surface area contributed by atoms with Crippen LogP contribution in [0.2, 0.25) is 5.02 Å². The average molecular weight is 367 g/mol. The summed E-state index contributed by atoms with van der Waals surface area (Å²) in [5.74, 6) is -0.0152. The van der Waals surface area contributed by atoms with E-state index in [0.29, 0.717) is 16.5 Å². The van der Waals surface area contributed by atoms with Crippen LogP contribution in [0.4, 0.5) is 10.1 Å². The second-order valence-electron chi connectivity index (χ2n) is 4.95. The van der Waals surface area contributed by atoms with Crippen LogP contribution in [0.5, 0.6) is 0 Å². The summed E-state index contributed by atoms with van der Waals surface area (Å²) < 4.78 is 12.8. The summed E-state index contributed by atoms with van der Waals surface area (Å²) in [5, 5.41) is 5.79. The highest BCUT2D eigenvalue weighted by Gasteiger charge is 2.06. The smallest absolute Gasteiger partial charge is 0.243 e. The van der Waals surface area contributed by atoms with Crippen LogP contribution in [0.1, 0.15) is 5.56 Å².